The molecule has 0 atom stereocenters. The lowest BCUT2D eigenvalue weighted by molar-refractivity contribution is -0.137. The highest BCUT2D eigenvalue weighted by Crippen LogP contribution is 2.33. The van der Waals surface area contributed by atoms with Gasteiger partial charge >= 0.3 is 6.18 Å². The molecule has 2 heterocycles. The van der Waals surface area contributed by atoms with Crippen LogP contribution in [0.15, 0.2) is 42.6 Å². The third-order valence-corrected chi connectivity index (χ3v) is 3.66. The van der Waals surface area contributed by atoms with Gasteiger partial charge < -0.3 is 11.5 Å². The number of anilines is 2. The van der Waals surface area contributed by atoms with Gasteiger partial charge in [-0.25, -0.2) is 4.98 Å². The van der Waals surface area contributed by atoms with E-state index in [9.17, 15) is 13.2 Å². The van der Waals surface area contributed by atoms with Gasteiger partial charge in [-0.05, 0) is 31.2 Å². The summed E-state index contributed by atoms with van der Waals surface area (Å²) in [7, 11) is 0. The summed E-state index contributed by atoms with van der Waals surface area (Å²) in [6.45, 7) is 1.84. The standard InChI is InChI=1S/C19H14F3N5/c1-11-5-6-12(10-25-11)7-8-15-16(26-18(24)27-17(15)23)13-3-2-4-14(9-13)19(20,21)22/h2-6,9-10H,1H3,(H4,23,24,26,27). The SMILES string of the molecule is Cc1ccc(C#Cc2c(N)nc(N)nc2-c2cccc(C(F)(F)F)c2)cn1. The van der Waals surface area contributed by atoms with Crippen molar-refractivity contribution in [2.75, 3.05) is 11.5 Å². The number of alkyl halides is 3. The smallest absolute Gasteiger partial charge is 0.382 e. The molecule has 0 radical (unpaired) electrons. The van der Waals surface area contributed by atoms with Crippen molar-refractivity contribution in [2.45, 2.75) is 13.1 Å². The van der Waals surface area contributed by atoms with Crippen molar-refractivity contribution >= 4 is 11.8 Å². The van der Waals surface area contributed by atoms with Crippen LogP contribution < -0.4 is 11.5 Å². The molecule has 5 nitrogen and oxygen atoms in total. The fraction of sp³-hybridized carbons (Fsp3) is 0.105. The van der Waals surface area contributed by atoms with Crippen molar-refractivity contribution in [1.82, 2.24) is 15.0 Å². The molecule has 0 bridgehead atoms. The van der Waals surface area contributed by atoms with Crippen LogP contribution >= 0.6 is 0 Å². The molecule has 3 aromatic rings. The van der Waals surface area contributed by atoms with Gasteiger partial charge in [-0.15, -0.1) is 0 Å². The predicted molar refractivity (Wildman–Crippen MR) is 96.2 cm³/mol. The highest BCUT2D eigenvalue weighted by atomic mass is 19.4. The molecule has 136 valence electrons. The van der Waals surface area contributed by atoms with Gasteiger partial charge in [0.25, 0.3) is 0 Å². The lowest BCUT2D eigenvalue weighted by Gasteiger charge is -2.11. The number of nitrogens with zero attached hydrogens (tertiary/aromatic N) is 3. The number of nitrogen functional groups attached to an aromatic ring is 2. The van der Waals surface area contributed by atoms with Crippen molar-refractivity contribution in [3.63, 3.8) is 0 Å². The molecular formula is C19H14F3N5. The number of pyridine rings is 1. The average molecular weight is 369 g/mol. The maximum Gasteiger partial charge on any atom is 0.416 e. The van der Waals surface area contributed by atoms with Crippen LogP contribution in [0.5, 0.6) is 0 Å². The van der Waals surface area contributed by atoms with Crippen molar-refractivity contribution in [3.05, 3.63) is 65.0 Å². The highest BCUT2D eigenvalue weighted by Gasteiger charge is 2.30. The van der Waals surface area contributed by atoms with Gasteiger partial charge in [0.05, 0.1) is 16.8 Å². The zero-order valence-corrected chi connectivity index (χ0v) is 14.2. The fourth-order valence-electron chi connectivity index (χ4n) is 2.35. The second kappa shape index (κ2) is 6.96. The third kappa shape index (κ3) is 4.15. The van der Waals surface area contributed by atoms with E-state index >= 15 is 0 Å². The predicted octanol–water partition coefficient (Wildman–Crippen LogP) is 3.43. The van der Waals surface area contributed by atoms with Crippen LogP contribution in [0.3, 0.4) is 0 Å². The molecule has 0 spiro atoms. The normalized spacial score (nSPS) is 11.0. The molecule has 3 rings (SSSR count). The molecule has 1 aromatic carbocycles. The maximum atomic E-state index is 13.0. The Morgan fingerprint density at radius 1 is 1.00 bits per heavy atom. The lowest BCUT2D eigenvalue weighted by Crippen LogP contribution is -2.07. The number of hydrogen-bond donors (Lipinski definition) is 2. The van der Waals surface area contributed by atoms with E-state index < -0.39 is 11.7 Å². The quantitative estimate of drug-likeness (QED) is 0.642. The van der Waals surface area contributed by atoms with Crippen LogP contribution in [-0.2, 0) is 6.18 Å². The van der Waals surface area contributed by atoms with Crippen molar-refractivity contribution in [1.29, 1.82) is 0 Å². The zero-order valence-electron chi connectivity index (χ0n) is 14.2. The van der Waals surface area contributed by atoms with E-state index in [1.165, 1.54) is 12.1 Å². The van der Waals surface area contributed by atoms with E-state index in [2.05, 4.69) is 26.8 Å². The largest absolute Gasteiger partial charge is 0.416 e. The Bertz CT molecular complexity index is 1050. The van der Waals surface area contributed by atoms with Gasteiger partial charge in [0.2, 0.25) is 5.95 Å². The highest BCUT2D eigenvalue weighted by molar-refractivity contribution is 5.74. The Kier molecular flexibility index (Phi) is 4.69. The number of benzene rings is 1. The van der Waals surface area contributed by atoms with E-state index in [1.54, 1.807) is 18.3 Å². The second-order valence-electron chi connectivity index (χ2n) is 5.71. The van der Waals surface area contributed by atoms with Crippen molar-refractivity contribution in [2.24, 2.45) is 0 Å². The number of halogens is 3. The molecule has 0 aliphatic rings. The van der Waals surface area contributed by atoms with Crippen LogP contribution in [0, 0.1) is 18.8 Å². The summed E-state index contributed by atoms with van der Waals surface area (Å²) in [5.41, 5.74) is 12.7. The van der Waals surface area contributed by atoms with E-state index in [0.717, 1.165) is 17.8 Å². The average Bonchev–Trinajstić information content (AvgIpc) is 2.61. The van der Waals surface area contributed by atoms with E-state index in [1.807, 2.05) is 6.92 Å². The van der Waals surface area contributed by atoms with Crippen LogP contribution in [0.4, 0.5) is 24.9 Å². The monoisotopic (exact) mass is 369 g/mol. The molecule has 27 heavy (non-hydrogen) atoms. The summed E-state index contributed by atoms with van der Waals surface area (Å²) in [6, 6.07) is 8.28. The Hall–Kier alpha value is -3.60. The minimum Gasteiger partial charge on any atom is -0.382 e. The topological polar surface area (TPSA) is 90.7 Å². The van der Waals surface area contributed by atoms with Crippen LogP contribution in [0.1, 0.15) is 22.4 Å². The Morgan fingerprint density at radius 3 is 2.44 bits per heavy atom. The molecule has 0 fully saturated rings. The van der Waals surface area contributed by atoms with Gasteiger partial charge in [-0.2, -0.15) is 18.2 Å². The van der Waals surface area contributed by atoms with Crippen LogP contribution in [0.25, 0.3) is 11.3 Å². The first-order valence-electron chi connectivity index (χ1n) is 7.79. The minimum absolute atomic E-state index is 0.0116. The van der Waals surface area contributed by atoms with Crippen LogP contribution in [-0.4, -0.2) is 15.0 Å². The summed E-state index contributed by atoms with van der Waals surface area (Å²) in [6.07, 6.45) is -2.90. The Labute approximate surface area is 153 Å². The van der Waals surface area contributed by atoms with Gasteiger partial charge in [0, 0.05) is 23.0 Å². The van der Waals surface area contributed by atoms with Crippen LogP contribution in [0.2, 0.25) is 0 Å². The van der Waals surface area contributed by atoms with E-state index in [4.69, 9.17) is 11.5 Å². The van der Waals surface area contributed by atoms with E-state index in [-0.39, 0.29) is 28.6 Å². The third-order valence-electron chi connectivity index (χ3n) is 3.66. The summed E-state index contributed by atoms with van der Waals surface area (Å²) in [5, 5.41) is 0. The zero-order chi connectivity index (χ0) is 19.6. The van der Waals surface area contributed by atoms with Crippen molar-refractivity contribution in [3.8, 4) is 23.1 Å². The number of aryl methyl sites for hydroxylation is 1. The first-order chi connectivity index (χ1) is 12.7. The molecule has 0 saturated heterocycles. The minimum atomic E-state index is -4.49. The molecule has 0 unspecified atom stereocenters. The summed E-state index contributed by atoms with van der Waals surface area (Å²) in [5.74, 6) is 5.53. The van der Waals surface area contributed by atoms with Gasteiger partial charge in [-0.1, -0.05) is 24.0 Å². The Morgan fingerprint density at radius 2 is 1.78 bits per heavy atom. The number of rotatable bonds is 1. The van der Waals surface area contributed by atoms with E-state index in [0.29, 0.717) is 5.56 Å². The second-order valence-corrected chi connectivity index (χ2v) is 5.71. The molecule has 0 aliphatic heterocycles. The first-order valence-corrected chi connectivity index (χ1v) is 7.79. The summed E-state index contributed by atoms with van der Waals surface area (Å²) >= 11 is 0. The molecule has 8 heteroatoms. The molecule has 4 N–H and O–H groups in total. The fourth-order valence-corrected chi connectivity index (χ4v) is 2.35. The van der Waals surface area contributed by atoms with Gasteiger partial charge in [-0.3, -0.25) is 4.98 Å². The lowest BCUT2D eigenvalue weighted by atomic mass is 10.0. The first kappa shape index (κ1) is 18.2. The van der Waals surface area contributed by atoms with Crippen molar-refractivity contribution < 1.29 is 13.2 Å². The molecule has 2 aromatic heterocycles. The number of nitrogens with two attached hydrogens (primary N) is 2. The number of aromatic nitrogens is 3. The molecule has 0 aliphatic carbocycles. The maximum absolute atomic E-state index is 13.0. The summed E-state index contributed by atoms with van der Waals surface area (Å²) in [4.78, 5) is 12.1. The van der Waals surface area contributed by atoms with Gasteiger partial charge in [0.1, 0.15) is 5.82 Å². The number of hydrogen-bond acceptors (Lipinski definition) is 5. The molecular weight excluding hydrogens is 355 g/mol. The molecule has 0 amide bonds. The summed E-state index contributed by atoms with van der Waals surface area (Å²) < 4.78 is 39.1. The molecule has 0 saturated carbocycles. The van der Waals surface area contributed by atoms with Gasteiger partial charge in [0.15, 0.2) is 0 Å². The Balaban J connectivity index is 2.13.